The standard InChI is InChI=1S/C39H65BrN4O6/c1-24(2)20-36(12,41-30(45)28-16-18-29(40)19-17-28)31(46)42-37(13,21-25(3)4)32(47)43-38(14,22-26(5)6)33(48)44-39(15,23-27(7)8)34(49)50-35(9,10)11/h16-19,24-27H,20-23H2,1-15H3,(H,41,45)(H,42,46)(H,43,47)(H,44,48)/t36-,37-,38-,39-/m1/s1. The number of benzene rings is 1. The predicted molar refractivity (Wildman–Crippen MR) is 203 cm³/mol. The van der Waals surface area contributed by atoms with E-state index in [1.807, 2.05) is 55.4 Å². The minimum Gasteiger partial charge on any atom is -0.458 e. The van der Waals surface area contributed by atoms with Crippen molar-refractivity contribution in [3.8, 4) is 0 Å². The summed E-state index contributed by atoms with van der Waals surface area (Å²) in [4.78, 5) is 69.7. The summed E-state index contributed by atoms with van der Waals surface area (Å²) in [6, 6.07) is 6.84. The van der Waals surface area contributed by atoms with Gasteiger partial charge in [0.05, 0.1) is 0 Å². The molecule has 1 aromatic carbocycles. The lowest BCUT2D eigenvalue weighted by Gasteiger charge is -2.41. The topological polar surface area (TPSA) is 143 Å². The number of amides is 4. The average molecular weight is 766 g/mol. The lowest BCUT2D eigenvalue weighted by molar-refractivity contribution is -0.165. The molecule has 0 aliphatic heterocycles. The smallest absolute Gasteiger partial charge is 0.332 e. The summed E-state index contributed by atoms with van der Waals surface area (Å²) in [6.45, 7) is 27.5. The minimum atomic E-state index is -1.46. The lowest BCUT2D eigenvalue weighted by atomic mass is 9.83. The predicted octanol–water partition coefficient (Wildman–Crippen LogP) is 7.09. The Kier molecular flexibility index (Phi) is 15.8. The van der Waals surface area contributed by atoms with Crippen LogP contribution in [0.5, 0.6) is 0 Å². The van der Waals surface area contributed by atoms with E-state index in [0.29, 0.717) is 18.4 Å². The van der Waals surface area contributed by atoms with Gasteiger partial charge in [0.2, 0.25) is 17.7 Å². The normalized spacial score (nSPS) is 16.9. The SMILES string of the molecule is CC(C)C[C@@](C)(NC(=O)c1ccc(Br)cc1)C(=O)N[C@](C)(CC(C)C)C(=O)N[C@](C)(CC(C)C)C(=O)N[C@](C)(CC(C)C)C(=O)OC(C)(C)C. The Labute approximate surface area is 309 Å². The van der Waals surface area contributed by atoms with Crippen molar-refractivity contribution in [3.63, 3.8) is 0 Å². The van der Waals surface area contributed by atoms with Gasteiger partial charge in [-0.1, -0.05) is 71.3 Å². The van der Waals surface area contributed by atoms with E-state index in [0.717, 1.165) is 4.47 Å². The zero-order valence-electron chi connectivity index (χ0n) is 33.3. The van der Waals surface area contributed by atoms with Crippen LogP contribution in [-0.2, 0) is 23.9 Å². The molecule has 4 amide bonds. The molecule has 0 saturated heterocycles. The van der Waals surface area contributed by atoms with E-state index < -0.39 is 57.4 Å². The van der Waals surface area contributed by atoms with Crippen molar-refractivity contribution in [1.82, 2.24) is 21.3 Å². The molecule has 284 valence electrons. The number of nitrogens with one attached hydrogen (secondary N) is 4. The summed E-state index contributed by atoms with van der Waals surface area (Å²) < 4.78 is 6.54. The maximum Gasteiger partial charge on any atom is 0.332 e. The van der Waals surface area contributed by atoms with Crippen LogP contribution in [-0.4, -0.2) is 57.4 Å². The number of esters is 1. The molecule has 1 rings (SSSR count). The fraction of sp³-hybridized carbons (Fsp3) is 0.718. The lowest BCUT2D eigenvalue weighted by Crippen LogP contribution is -2.70. The molecule has 50 heavy (non-hydrogen) atoms. The van der Waals surface area contributed by atoms with E-state index in [9.17, 15) is 24.0 Å². The fourth-order valence-corrected chi connectivity index (χ4v) is 6.80. The largest absolute Gasteiger partial charge is 0.458 e. The van der Waals surface area contributed by atoms with Gasteiger partial charge in [-0.05, 0) is 122 Å². The molecule has 0 heterocycles. The van der Waals surface area contributed by atoms with Crippen LogP contribution in [0.2, 0.25) is 0 Å². The molecule has 0 bridgehead atoms. The van der Waals surface area contributed by atoms with Crippen molar-refractivity contribution in [2.45, 2.75) is 157 Å². The Balaban J connectivity index is 3.55. The zero-order chi connectivity index (χ0) is 39.0. The second-order valence-electron chi connectivity index (χ2n) is 17.5. The van der Waals surface area contributed by atoms with Gasteiger partial charge in [-0.2, -0.15) is 0 Å². The molecule has 0 aromatic heterocycles. The van der Waals surface area contributed by atoms with Crippen molar-refractivity contribution in [3.05, 3.63) is 34.3 Å². The van der Waals surface area contributed by atoms with Crippen molar-refractivity contribution < 1.29 is 28.7 Å². The van der Waals surface area contributed by atoms with Crippen molar-refractivity contribution in [2.24, 2.45) is 23.7 Å². The third-order valence-electron chi connectivity index (χ3n) is 8.28. The molecule has 0 saturated carbocycles. The Bertz CT molecular complexity index is 1360. The van der Waals surface area contributed by atoms with E-state index in [1.165, 1.54) is 0 Å². The third-order valence-corrected chi connectivity index (χ3v) is 8.81. The molecule has 0 aliphatic carbocycles. The monoisotopic (exact) mass is 764 g/mol. The molecule has 0 fully saturated rings. The molecule has 4 N–H and O–H groups in total. The Hall–Kier alpha value is -2.95. The van der Waals surface area contributed by atoms with Gasteiger partial charge in [-0.25, -0.2) is 4.79 Å². The van der Waals surface area contributed by atoms with E-state index in [1.54, 1.807) is 72.7 Å². The molecule has 0 radical (unpaired) electrons. The van der Waals surface area contributed by atoms with Crippen LogP contribution in [0.1, 0.15) is 140 Å². The van der Waals surface area contributed by atoms with E-state index in [2.05, 4.69) is 37.2 Å². The summed E-state index contributed by atoms with van der Waals surface area (Å²) >= 11 is 3.38. The van der Waals surface area contributed by atoms with Crippen LogP contribution < -0.4 is 21.3 Å². The number of rotatable bonds is 17. The first-order valence-electron chi connectivity index (χ1n) is 17.9. The highest BCUT2D eigenvalue weighted by molar-refractivity contribution is 9.10. The van der Waals surface area contributed by atoms with E-state index >= 15 is 0 Å². The Morgan fingerprint density at radius 1 is 0.540 bits per heavy atom. The van der Waals surface area contributed by atoms with Crippen LogP contribution >= 0.6 is 15.9 Å². The molecular weight excluding hydrogens is 700 g/mol. The average Bonchev–Trinajstić information content (AvgIpc) is 2.90. The summed E-state index contributed by atoms with van der Waals surface area (Å²) in [5, 5.41) is 11.9. The first-order chi connectivity index (χ1) is 22.6. The highest BCUT2D eigenvalue weighted by Crippen LogP contribution is 2.28. The van der Waals surface area contributed by atoms with Gasteiger partial charge in [-0.15, -0.1) is 0 Å². The van der Waals surface area contributed by atoms with Crippen LogP contribution in [0.3, 0.4) is 0 Å². The maximum atomic E-state index is 14.4. The van der Waals surface area contributed by atoms with Gasteiger partial charge < -0.3 is 26.0 Å². The highest BCUT2D eigenvalue weighted by atomic mass is 79.9. The van der Waals surface area contributed by atoms with Crippen molar-refractivity contribution in [2.75, 3.05) is 0 Å². The minimum absolute atomic E-state index is 0.0157. The van der Waals surface area contributed by atoms with Gasteiger partial charge >= 0.3 is 5.97 Å². The number of hydrogen-bond acceptors (Lipinski definition) is 6. The second-order valence-corrected chi connectivity index (χ2v) is 18.5. The third kappa shape index (κ3) is 13.6. The summed E-state index contributed by atoms with van der Waals surface area (Å²) in [6.07, 6.45) is 1.15. The molecule has 11 heteroatoms. The van der Waals surface area contributed by atoms with Crippen molar-refractivity contribution in [1.29, 1.82) is 0 Å². The van der Waals surface area contributed by atoms with Crippen LogP contribution in [0.4, 0.5) is 0 Å². The number of halogens is 1. The molecule has 4 atom stereocenters. The molecule has 0 aliphatic rings. The van der Waals surface area contributed by atoms with Gasteiger partial charge in [0.25, 0.3) is 5.91 Å². The van der Waals surface area contributed by atoms with Crippen LogP contribution in [0.25, 0.3) is 0 Å². The first kappa shape index (κ1) is 45.1. The summed E-state index contributed by atoms with van der Waals surface area (Å²) in [7, 11) is 0. The van der Waals surface area contributed by atoms with Crippen LogP contribution in [0, 0.1) is 23.7 Å². The van der Waals surface area contributed by atoms with Crippen LogP contribution in [0.15, 0.2) is 28.7 Å². The molecule has 10 nitrogen and oxygen atoms in total. The van der Waals surface area contributed by atoms with Gasteiger partial charge in [0, 0.05) is 10.0 Å². The summed E-state index contributed by atoms with van der Waals surface area (Å²) in [5.41, 5.74) is -6.01. The van der Waals surface area contributed by atoms with E-state index in [4.69, 9.17) is 4.74 Å². The highest BCUT2D eigenvalue weighted by Gasteiger charge is 2.48. The number of carbonyl (C=O) groups excluding carboxylic acids is 5. The Morgan fingerprint density at radius 3 is 1.16 bits per heavy atom. The van der Waals surface area contributed by atoms with Gasteiger partial charge in [0.1, 0.15) is 27.8 Å². The molecule has 0 unspecified atom stereocenters. The molecular formula is C39H65BrN4O6. The van der Waals surface area contributed by atoms with Crippen molar-refractivity contribution >= 4 is 45.5 Å². The number of carbonyl (C=O) groups is 5. The van der Waals surface area contributed by atoms with Gasteiger partial charge in [0.15, 0.2) is 0 Å². The first-order valence-corrected chi connectivity index (χ1v) is 18.6. The summed E-state index contributed by atoms with van der Waals surface area (Å²) in [5.74, 6) is -2.52. The van der Waals surface area contributed by atoms with Gasteiger partial charge in [-0.3, -0.25) is 19.2 Å². The quantitative estimate of drug-likeness (QED) is 0.125. The maximum absolute atomic E-state index is 14.4. The zero-order valence-corrected chi connectivity index (χ0v) is 34.9. The molecule has 1 aromatic rings. The fourth-order valence-electron chi connectivity index (χ4n) is 6.53. The Morgan fingerprint density at radius 2 is 0.840 bits per heavy atom. The number of ether oxygens (including phenoxy) is 1. The number of hydrogen-bond donors (Lipinski definition) is 4. The molecule has 0 spiro atoms. The second kappa shape index (κ2) is 17.5. The van der Waals surface area contributed by atoms with E-state index in [-0.39, 0.29) is 36.5 Å².